The monoisotopic (exact) mass is 540 g/mol. The number of aryl methyl sites for hydroxylation is 1. The molecule has 0 aliphatic heterocycles. The average Bonchev–Trinajstić information content (AvgIpc) is 3.55. The maximum absolute atomic E-state index is 13.9. The molecule has 0 bridgehead atoms. The van der Waals surface area contributed by atoms with Gasteiger partial charge in [0.25, 0.3) is 5.91 Å². The lowest BCUT2D eigenvalue weighted by atomic mass is 9.95. The average molecular weight is 541 g/mol. The summed E-state index contributed by atoms with van der Waals surface area (Å²) in [4.78, 5) is 31.3. The van der Waals surface area contributed by atoms with E-state index in [1.54, 1.807) is 17.5 Å². The van der Waals surface area contributed by atoms with Gasteiger partial charge in [-0.2, -0.15) is 18.3 Å². The number of ether oxygens (including phenoxy) is 1. The molecular formula is C22H16ClF3N4O3S2. The van der Waals surface area contributed by atoms with E-state index in [-0.39, 0.29) is 26.9 Å². The number of fused-ring (bicyclic) bond motifs is 2. The van der Waals surface area contributed by atoms with Gasteiger partial charge in [0, 0.05) is 4.88 Å². The first kappa shape index (κ1) is 23.8. The Kier molecular flexibility index (Phi) is 6.06. The minimum atomic E-state index is -4.78. The zero-order valence-corrected chi connectivity index (χ0v) is 20.4. The molecule has 7 nitrogen and oxygen atoms in total. The van der Waals surface area contributed by atoms with Gasteiger partial charge in [0.1, 0.15) is 10.0 Å². The third kappa shape index (κ3) is 4.19. The first-order chi connectivity index (χ1) is 16.7. The second-order valence-corrected chi connectivity index (χ2v) is 10.2. The fourth-order valence-electron chi connectivity index (χ4n) is 4.02. The number of carbonyl (C=O) groups is 2. The molecule has 0 unspecified atom stereocenters. The summed E-state index contributed by atoms with van der Waals surface area (Å²) in [7, 11) is 1.25. The standard InChI is InChI=1S/C22H16ClF3N4O3S2/c1-33-21(32)15-10-5-2-3-6-12(10)35-20(15)28-19(31)17-16(23)18-27-11(13-7-4-8-34-13)9-14(22(24,25)26)30(18)29-17/h4,7-9H,2-3,5-6H2,1H3,(H,28,31). The predicted octanol–water partition coefficient (Wildman–Crippen LogP) is 6.11. The molecule has 0 fully saturated rings. The fraction of sp³-hybridized carbons (Fsp3) is 0.273. The van der Waals surface area contributed by atoms with Gasteiger partial charge < -0.3 is 10.1 Å². The molecule has 13 heteroatoms. The molecule has 0 spiro atoms. The van der Waals surface area contributed by atoms with E-state index in [0.717, 1.165) is 35.8 Å². The highest BCUT2D eigenvalue weighted by Gasteiger charge is 2.37. The van der Waals surface area contributed by atoms with Gasteiger partial charge in [-0.15, -0.1) is 22.7 Å². The van der Waals surface area contributed by atoms with Crippen molar-refractivity contribution in [2.24, 2.45) is 0 Å². The van der Waals surface area contributed by atoms with Crippen molar-refractivity contribution < 1.29 is 27.5 Å². The van der Waals surface area contributed by atoms with E-state index in [9.17, 15) is 22.8 Å². The molecule has 1 aliphatic carbocycles. The van der Waals surface area contributed by atoms with E-state index in [1.165, 1.54) is 29.8 Å². The molecule has 1 aliphatic rings. The van der Waals surface area contributed by atoms with Crippen molar-refractivity contribution in [2.75, 3.05) is 12.4 Å². The van der Waals surface area contributed by atoms with Crippen molar-refractivity contribution in [3.63, 3.8) is 0 Å². The van der Waals surface area contributed by atoms with Crippen molar-refractivity contribution >= 4 is 56.8 Å². The number of rotatable bonds is 4. The van der Waals surface area contributed by atoms with Crippen LogP contribution in [0.3, 0.4) is 0 Å². The number of hydrogen-bond donors (Lipinski definition) is 1. The second-order valence-electron chi connectivity index (χ2n) is 7.76. The maximum Gasteiger partial charge on any atom is 0.433 e. The maximum atomic E-state index is 13.9. The zero-order valence-electron chi connectivity index (χ0n) is 18.0. The third-order valence-electron chi connectivity index (χ3n) is 5.60. The Morgan fingerprint density at radius 1 is 1.26 bits per heavy atom. The number of methoxy groups -OCH3 is 1. The highest BCUT2D eigenvalue weighted by molar-refractivity contribution is 7.17. The number of aromatic nitrogens is 3. The van der Waals surface area contributed by atoms with Crippen LogP contribution >= 0.6 is 34.3 Å². The van der Waals surface area contributed by atoms with Crippen LogP contribution in [0.25, 0.3) is 16.2 Å². The molecule has 0 atom stereocenters. The van der Waals surface area contributed by atoms with Crippen LogP contribution in [-0.4, -0.2) is 33.6 Å². The van der Waals surface area contributed by atoms with Gasteiger partial charge in [0.15, 0.2) is 17.0 Å². The predicted molar refractivity (Wildman–Crippen MR) is 127 cm³/mol. The highest BCUT2D eigenvalue weighted by atomic mass is 35.5. The third-order valence-corrected chi connectivity index (χ3v) is 8.05. The van der Waals surface area contributed by atoms with Crippen LogP contribution in [-0.2, 0) is 23.8 Å². The summed E-state index contributed by atoms with van der Waals surface area (Å²) in [6.45, 7) is 0. The van der Waals surface area contributed by atoms with Gasteiger partial charge in [-0.25, -0.2) is 14.3 Å². The van der Waals surface area contributed by atoms with E-state index >= 15 is 0 Å². The first-order valence-electron chi connectivity index (χ1n) is 10.4. The molecule has 4 aromatic rings. The quantitative estimate of drug-likeness (QED) is 0.316. The minimum absolute atomic E-state index is 0.0625. The van der Waals surface area contributed by atoms with Crippen molar-refractivity contribution in [3.05, 3.63) is 56.0 Å². The van der Waals surface area contributed by atoms with Crippen molar-refractivity contribution in [3.8, 4) is 10.6 Å². The Balaban J connectivity index is 1.60. The van der Waals surface area contributed by atoms with E-state index in [2.05, 4.69) is 15.4 Å². The van der Waals surface area contributed by atoms with Crippen LogP contribution < -0.4 is 5.32 Å². The molecule has 0 aromatic carbocycles. The van der Waals surface area contributed by atoms with Gasteiger partial charge >= 0.3 is 12.1 Å². The van der Waals surface area contributed by atoms with Crippen LogP contribution in [0.1, 0.15) is 49.8 Å². The molecule has 5 rings (SSSR count). The van der Waals surface area contributed by atoms with Crippen LogP contribution in [0.2, 0.25) is 5.02 Å². The Morgan fingerprint density at radius 2 is 2.03 bits per heavy atom. The zero-order chi connectivity index (χ0) is 24.9. The number of esters is 1. The Morgan fingerprint density at radius 3 is 2.71 bits per heavy atom. The molecule has 0 saturated carbocycles. The number of halogens is 4. The Bertz CT molecular complexity index is 1460. The molecule has 4 aromatic heterocycles. The summed E-state index contributed by atoms with van der Waals surface area (Å²) in [5, 5.41) is 8.11. The van der Waals surface area contributed by atoms with E-state index in [0.29, 0.717) is 15.8 Å². The summed E-state index contributed by atoms with van der Waals surface area (Å²) in [5.41, 5.74) is -0.703. The summed E-state index contributed by atoms with van der Waals surface area (Å²) in [6.07, 6.45) is -1.48. The fourth-order valence-corrected chi connectivity index (χ4v) is 6.23. The Hall–Kier alpha value is -2.96. The van der Waals surface area contributed by atoms with Gasteiger partial charge in [-0.05, 0) is 48.8 Å². The number of nitrogens with zero attached hydrogens (tertiary/aromatic N) is 3. The smallest absolute Gasteiger partial charge is 0.433 e. The molecule has 0 saturated heterocycles. The second kappa shape index (κ2) is 8.92. The van der Waals surface area contributed by atoms with Crippen molar-refractivity contribution in [2.45, 2.75) is 31.9 Å². The van der Waals surface area contributed by atoms with Gasteiger partial charge in [-0.3, -0.25) is 4.79 Å². The lowest BCUT2D eigenvalue weighted by molar-refractivity contribution is -0.142. The highest BCUT2D eigenvalue weighted by Crippen LogP contribution is 2.40. The summed E-state index contributed by atoms with van der Waals surface area (Å²) in [6, 6.07) is 4.19. The van der Waals surface area contributed by atoms with Crippen LogP contribution in [0, 0.1) is 0 Å². The van der Waals surface area contributed by atoms with E-state index in [1.807, 2.05) is 0 Å². The van der Waals surface area contributed by atoms with Crippen LogP contribution in [0.15, 0.2) is 23.6 Å². The minimum Gasteiger partial charge on any atom is -0.465 e. The molecular weight excluding hydrogens is 525 g/mol. The van der Waals surface area contributed by atoms with Crippen LogP contribution in [0.5, 0.6) is 0 Å². The molecule has 1 N–H and O–H groups in total. The molecule has 1 amide bonds. The normalized spacial score (nSPS) is 13.6. The topological polar surface area (TPSA) is 85.6 Å². The number of carbonyl (C=O) groups excluding carboxylic acids is 2. The molecule has 4 heterocycles. The number of thiophene rings is 2. The van der Waals surface area contributed by atoms with Crippen LogP contribution in [0.4, 0.5) is 18.2 Å². The lowest BCUT2D eigenvalue weighted by Gasteiger charge is -2.11. The summed E-state index contributed by atoms with van der Waals surface area (Å²) in [5.74, 6) is -1.45. The lowest BCUT2D eigenvalue weighted by Crippen LogP contribution is -2.17. The molecule has 182 valence electrons. The van der Waals surface area contributed by atoms with Gasteiger partial charge in [-0.1, -0.05) is 17.7 Å². The number of hydrogen-bond acceptors (Lipinski definition) is 7. The van der Waals surface area contributed by atoms with E-state index < -0.39 is 29.4 Å². The van der Waals surface area contributed by atoms with Crippen molar-refractivity contribution in [1.29, 1.82) is 0 Å². The molecule has 0 radical (unpaired) electrons. The van der Waals surface area contributed by atoms with Gasteiger partial charge in [0.2, 0.25) is 0 Å². The van der Waals surface area contributed by atoms with E-state index in [4.69, 9.17) is 16.3 Å². The SMILES string of the molecule is COC(=O)c1c(NC(=O)c2nn3c(C(F)(F)F)cc(-c4cccs4)nc3c2Cl)sc2c1CCCC2. The summed E-state index contributed by atoms with van der Waals surface area (Å²) < 4.78 is 47.0. The number of nitrogens with one attached hydrogen (secondary N) is 1. The molecule has 35 heavy (non-hydrogen) atoms. The van der Waals surface area contributed by atoms with Gasteiger partial charge in [0.05, 0.1) is 23.2 Å². The number of amides is 1. The number of anilines is 1. The summed E-state index contributed by atoms with van der Waals surface area (Å²) >= 11 is 8.81. The van der Waals surface area contributed by atoms with Crippen molar-refractivity contribution in [1.82, 2.24) is 14.6 Å². The number of alkyl halides is 3. The largest absolute Gasteiger partial charge is 0.465 e. The Labute approximate surface area is 209 Å². The first-order valence-corrected chi connectivity index (χ1v) is 12.5.